The lowest BCUT2D eigenvalue weighted by Gasteiger charge is -2.36. The van der Waals surface area contributed by atoms with Gasteiger partial charge in [-0.15, -0.1) is 0 Å². The number of piperidine rings is 1. The number of amides is 2. The lowest BCUT2D eigenvalue weighted by molar-refractivity contribution is -0.152. The van der Waals surface area contributed by atoms with Crippen molar-refractivity contribution in [1.29, 1.82) is 0 Å². The predicted molar refractivity (Wildman–Crippen MR) is 127 cm³/mol. The summed E-state index contributed by atoms with van der Waals surface area (Å²) >= 11 is 6.12. The molecule has 1 saturated heterocycles. The number of carbonyl (C=O) groups is 2. The van der Waals surface area contributed by atoms with Gasteiger partial charge in [0.1, 0.15) is 5.15 Å². The lowest BCUT2D eigenvalue weighted by Crippen LogP contribution is -2.48. The predicted octanol–water partition coefficient (Wildman–Crippen LogP) is 3.74. The minimum Gasteiger partial charge on any atom is -0.478 e. The first-order valence-corrected chi connectivity index (χ1v) is 11.7. The van der Waals surface area contributed by atoms with Crippen LogP contribution in [0.3, 0.4) is 0 Å². The number of likely N-dealkylation sites (tertiary alicyclic amines) is 1. The molecule has 3 rings (SSSR count). The van der Waals surface area contributed by atoms with E-state index in [2.05, 4.69) is 4.98 Å². The van der Waals surface area contributed by atoms with Crippen LogP contribution in [0.15, 0.2) is 42.5 Å². The van der Waals surface area contributed by atoms with Crippen LogP contribution in [-0.2, 0) is 10.4 Å². The average Bonchev–Trinajstić information content (AvgIpc) is 2.82. The van der Waals surface area contributed by atoms with E-state index >= 15 is 0 Å². The van der Waals surface area contributed by atoms with Crippen LogP contribution in [0.4, 0.5) is 0 Å². The largest absolute Gasteiger partial charge is 0.478 e. The van der Waals surface area contributed by atoms with E-state index in [1.807, 2.05) is 18.2 Å². The zero-order valence-electron chi connectivity index (χ0n) is 19.5. The first-order chi connectivity index (χ1) is 15.7. The standard InChI is InChI=1S/C25H32ClN3O4/c1-25(32,19-9-5-4-6-10-19)24(31)29-15-13-18(14-16-29)8-7-17-33-21-12-11-20(22(26)27-21)23(30)28(2)3/h4-6,9-12,18,32H,7-8,13-17H2,1-3H3/t25-/m1/s1. The molecule has 0 saturated carbocycles. The highest BCUT2D eigenvalue weighted by atomic mass is 35.5. The van der Waals surface area contributed by atoms with E-state index in [0.717, 1.165) is 25.7 Å². The van der Waals surface area contributed by atoms with Crippen LogP contribution in [0.25, 0.3) is 0 Å². The third-order valence-electron chi connectivity index (χ3n) is 6.12. The molecule has 1 aromatic heterocycles. The Balaban J connectivity index is 1.41. The maximum Gasteiger partial charge on any atom is 0.258 e. The van der Waals surface area contributed by atoms with Crippen molar-refractivity contribution >= 4 is 23.4 Å². The molecule has 1 atom stereocenters. The van der Waals surface area contributed by atoms with Crippen molar-refractivity contribution in [3.63, 3.8) is 0 Å². The Morgan fingerprint density at radius 3 is 2.45 bits per heavy atom. The van der Waals surface area contributed by atoms with Gasteiger partial charge in [0.2, 0.25) is 5.88 Å². The van der Waals surface area contributed by atoms with Crippen molar-refractivity contribution in [1.82, 2.24) is 14.8 Å². The van der Waals surface area contributed by atoms with Gasteiger partial charge in [-0.25, -0.2) is 4.98 Å². The molecule has 1 fully saturated rings. The number of hydrogen-bond acceptors (Lipinski definition) is 5. The van der Waals surface area contributed by atoms with Gasteiger partial charge in [-0.1, -0.05) is 41.9 Å². The first kappa shape index (κ1) is 25.0. The third kappa shape index (κ3) is 6.24. The number of halogens is 1. The fourth-order valence-corrected chi connectivity index (χ4v) is 4.29. The SMILES string of the molecule is CN(C)C(=O)c1ccc(OCCCC2CCN(C(=O)[C@](C)(O)c3ccccc3)CC2)nc1Cl. The zero-order valence-corrected chi connectivity index (χ0v) is 20.2. The highest BCUT2D eigenvalue weighted by molar-refractivity contribution is 6.32. The third-order valence-corrected chi connectivity index (χ3v) is 6.41. The molecule has 2 aromatic rings. The molecule has 2 heterocycles. The Kier molecular flexibility index (Phi) is 8.32. The molecule has 33 heavy (non-hydrogen) atoms. The molecule has 0 unspecified atom stereocenters. The van der Waals surface area contributed by atoms with E-state index in [9.17, 15) is 14.7 Å². The van der Waals surface area contributed by atoms with Crippen molar-refractivity contribution in [2.24, 2.45) is 5.92 Å². The van der Waals surface area contributed by atoms with Gasteiger partial charge in [-0.3, -0.25) is 9.59 Å². The number of aliphatic hydroxyl groups is 1. The zero-order chi connectivity index (χ0) is 24.0. The van der Waals surface area contributed by atoms with Crippen molar-refractivity contribution in [2.45, 2.75) is 38.2 Å². The van der Waals surface area contributed by atoms with E-state index in [0.29, 0.717) is 42.6 Å². The average molecular weight is 474 g/mol. The number of hydrogen-bond donors (Lipinski definition) is 1. The summed E-state index contributed by atoms with van der Waals surface area (Å²) in [6.07, 6.45) is 3.66. The smallest absolute Gasteiger partial charge is 0.258 e. The van der Waals surface area contributed by atoms with Gasteiger partial charge in [-0.2, -0.15) is 0 Å². The molecule has 0 bridgehead atoms. The Morgan fingerprint density at radius 2 is 1.85 bits per heavy atom. The molecular weight excluding hydrogens is 442 g/mol. The quantitative estimate of drug-likeness (QED) is 0.466. The second kappa shape index (κ2) is 11.0. The Bertz CT molecular complexity index is 957. The van der Waals surface area contributed by atoms with Gasteiger partial charge in [0, 0.05) is 33.3 Å². The number of ether oxygens (including phenoxy) is 1. The molecule has 0 spiro atoms. The Labute approximate surface area is 200 Å². The molecule has 0 radical (unpaired) electrons. The fraction of sp³-hybridized carbons (Fsp3) is 0.480. The topological polar surface area (TPSA) is 83.0 Å². The van der Waals surface area contributed by atoms with Crippen LogP contribution in [0, 0.1) is 5.92 Å². The van der Waals surface area contributed by atoms with Crippen LogP contribution in [-0.4, -0.2) is 65.5 Å². The molecule has 0 aliphatic carbocycles. The number of benzene rings is 1. The van der Waals surface area contributed by atoms with Crippen LogP contribution in [0.2, 0.25) is 5.15 Å². The number of carbonyl (C=O) groups excluding carboxylic acids is 2. The van der Waals surface area contributed by atoms with Gasteiger partial charge in [-0.05, 0) is 50.2 Å². The maximum absolute atomic E-state index is 12.9. The molecule has 178 valence electrons. The van der Waals surface area contributed by atoms with E-state index in [4.69, 9.17) is 16.3 Å². The highest BCUT2D eigenvalue weighted by Gasteiger charge is 2.37. The molecule has 1 aliphatic heterocycles. The summed E-state index contributed by atoms with van der Waals surface area (Å²) < 4.78 is 5.71. The molecule has 7 nitrogen and oxygen atoms in total. The molecule has 1 N–H and O–H groups in total. The van der Waals surface area contributed by atoms with E-state index in [-0.39, 0.29) is 17.0 Å². The summed E-state index contributed by atoms with van der Waals surface area (Å²) in [6, 6.07) is 12.4. The Hall–Kier alpha value is -2.64. The number of pyridine rings is 1. The fourth-order valence-electron chi connectivity index (χ4n) is 4.07. The highest BCUT2D eigenvalue weighted by Crippen LogP contribution is 2.28. The summed E-state index contributed by atoms with van der Waals surface area (Å²) in [5.41, 5.74) is -0.549. The van der Waals surface area contributed by atoms with Gasteiger partial charge in [0.05, 0.1) is 12.2 Å². The molecule has 2 amide bonds. The monoisotopic (exact) mass is 473 g/mol. The number of nitrogens with zero attached hydrogens (tertiary/aromatic N) is 3. The normalized spacial score (nSPS) is 16.2. The lowest BCUT2D eigenvalue weighted by atomic mass is 9.89. The minimum absolute atomic E-state index is 0.134. The second-order valence-electron chi connectivity index (χ2n) is 8.85. The van der Waals surface area contributed by atoms with Crippen LogP contribution >= 0.6 is 11.6 Å². The first-order valence-electron chi connectivity index (χ1n) is 11.3. The second-order valence-corrected chi connectivity index (χ2v) is 9.21. The molecule has 8 heteroatoms. The van der Waals surface area contributed by atoms with E-state index in [1.54, 1.807) is 50.2 Å². The molecular formula is C25H32ClN3O4. The number of aromatic nitrogens is 1. The van der Waals surface area contributed by atoms with Crippen molar-refractivity contribution in [2.75, 3.05) is 33.8 Å². The van der Waals surface area contributed by atoms with Crippen LogP contribution in [0.1, 0.15) is 48.5 Å². The van der Waals surface area contributed by atoms with Crippen molar-refractivity contribution in [3.05, 3.63) is 58.7 Å². The summed E-state index contributed by atoms with van der Waals surface area (Å²) in [5.74, 6) is 0.471. The maximum atomic E-state index is 12.9. The van der Waals surface area contributed by atoms with Crippen molar-refractivity contribution in [3.8, 4) is 5.88 Å². The summed E-state index contributed by atoms with van der Waals surface area (Å²) in [5, 5.41) is 10.9. The van der Waals surface area contributed by atoms with Gasteiger partial charge in [0.25, 0.3) is 11.8 Å². The van der Waals surface area contributed by atoms with Crippen LogP contribution in [0.5, 0.6) is 5.88 Å². The van der Waals surface area contributed by atoms with E-state index < -0.39 is 5.60 Å². The van der Waals surface area contributed by atoms with Crippen LogP contribution < -0.4 is 4.74 Å². The van der Waals surface area contributed by atoms with E-state index in [1.165, 1.54) is 4.90 Å². The minimum atomic E-state index is -1.51. The molecule has 1 aromatic carbocycles. The number of rotatable bonds is 8. The van der Waals surface area contributed by atoms with Gasteiger partial charge >= 0.3 is 0 Å². The van der Waals surface area contributed by atoms with Gasteiger partial charge in [0.15, 0.2) is 5.60 Å². The Morgan fingerprint density at radius 1 is 1.18 bits per heavy atom. The van der Waals surface area contributed by atoms with Gasteiger partial charge < -0.3 is 19.6 Å². The van der Waals surface area contributed by atoms with Crippen molar-refractivity contribution < 1.29 is 19.4 Å². The molecule has 1 aliphatic rings. The summed E-state index contributed by atoms with van der Waals surface area (Å²) in [7, 11) is 3.32. The summed E-state index contributed by atoms with van der Waals surface area (Å²) in [4.78, 5) is 32.3. The summed E-state index contributed by atoms with van der Waals surface area (Å²) in [6.45, 7) is 3.36.